The Hall–Kier alpha value is -2.31. The first-order valence-electron chi connectivity index (χ1n) is 6.65. The van der Waals surface area contributed by atoms with Crippen molar-refractivity contribution < 1.29 is 23.8 Å². The van der Waals surface area contributed by atoms with Crippen LogP contribution in [0.25, 0.3) is 0 Å². The number of rotatable bonds is 4. The van der Waals surface area contributed by atoms with Crippen molar-refractivity contribution in [3.8, 4) is 5.75 Å². The second-order valence-electron chi connectivity index (χ2n) is 4.93. The highest BCUT2D eigenvalue weighted by molar-refractivity contribution is 5.91. The zero-order valence-corrected chi connectivity index (χ0v) is 11.6. The van der Waals surface area contributed by atoms with Gasteiger partial charge in [-0.2, -0.15) is 0 Å². The SMILES string of the molecule is COc1cc(F)ccc1NC(=O)NC1CCCC1C(=O)O. The molecule has 0 aliphatic heterocycles. The van der Waals surface area contributed by atoms with Gasteiger partial charge in [-0.25, -0.2) is 9.18 Å². The second-order valence-corrected chi connectivity index (χ2v) is 4.93. The monoisotopic (exact) mass is 296 g/mol. The molecule has 21 heavy (non-hydrogen) atoms. The molecule has 7 heteroatoms. The van der Waals surface area contributed by atoms with Gasteiger partial charge in [0.15, 0.2) is 0 Å². The van der Waals surface area contributed by atoms with Crippen molar-refractivity contribution in [2.45, 2.75) is 25.3 Å². The first-order chi connectivity index (χ1) is 10.0. The Morgan fingerprint density at radius 3 is 2.81 bits per heavy atom. The quantitative estimate of drug-likeness (QED) is 0.795. The molecular formula is C14H17FN2O4. The highest BCUT2D eigenvalue weighted by Gasteiger charge is 2.33. The molecule has 6 nitrogen and oxygen atoms in total. The van der Waals surface area contributed by atoms with Crippen molar-refractivity contribution >= 4 is 17.7 Å². The molecule has 0 bridgehead atoms. The summed E-state index contributed by atoms with van der Waals surface area (Å²) in [5, 5.41) is 14.3. The van der Waals surface area contributed by atoms with Gasteiger partial charge in [-0.1, -0.05) is 6.42 Å². The summed E-state index contributed by atoms with van der Waals surface area (Å²) in [4.78, 5) is 23.0. The van der Waals surface area contributed by atoms with Crippen LogP contribution in [0.4, 0.5) is 14.9 Å². The van der Waals surface area contributed by atoms with E-state index in [1.54, 1.807) is 0 Å². The number of hydrogen-bond donors (Lipinski definition) is 3. The van der Waals surface area contributed by atoms with E-state index < -0.39 is 29.8 Å². The van der Waals surface area contributed by atoms with E-state index in [0.717, 1.165) is 12.5 Å². The molecule has 0 spiro atoms. The number of carboxylic acids is 1. The van der Waals surface area contributed by atoms with Crippen molar-refractivity contribution in [2.75, 3.05) is 12.4 Å². The molecule has 2 unspecified atom stereocenters. The van der Waals surface area contributed by atoms with E-state index in [9.17, 15) is 14.0 Å². The molecule has 3 N–H and O–H groups in total. The highest BCUT2D eigenvalue weighted by Crippen LogP contribution is 2.27. The molecule has 1 saturated carbocycles. The van der Waals surface area contributed by atoms with Crippen LogP contribution in [0.3, 0.4) is 0 Å². The summed E-state index contributed by atoms with van der Waals surface area (Å²) in [5.41, 5.74) is 0.321. The molecule has 0 heterocycles. The van der Waals surface area contributed by atoms with E-state index in [1.165, 1.54) is 19.2 Å². The minimum atomic E-state index is -0.905. The van der Waals surface area contributed by atoms with Gasteiger partial charge in [0.05, 0.1) is 18.7 Å². The number of hydrogen-bond acceptors (Lipinski definition) is 3. The predicted octanol–water partition coefficient (Wildman–Crippen LogP) is 2.21. The Kier molecular flexibility index (Phi) is 4.62. The fraction of sp³-hybridized carbons (Fsp3) is 0.429. The summed E-state index contributed by atoms with van der Waals surface area (Å²) in [6.07, 6.45) is 1.95. The first kappa shape index (κ1) is 15.1. The van der Waals surface area contributed by atoms with Gasteiger partial charge in [0, 0.05) is 12.1 Å². The summed E-state index contributed by atoms with van der Waals surface area (Å²) >= 11 is 0. The number of methoxy groups -OCH3 is 1. The number of ether oxygens (including phenoxy) is 1. The van der Waals surface area contributed by atoms with Crippen LogP contribution < -0.4 is 15.4 Å². The van der Waals surface area contributed by atoms with Crippen LogP contribution in [0, 0.1) is 11.7 Å². The zero-order chi connectivity index (χ0) is 15.4. The number of halogens is 1. The lowest BCUT2D eigenvalue weighted by molar-refractivity contribution is -0.142. The smallest absolute Gasteiger partial charge is 0.319 e. The van der Waals surface area contributed by atoms with Gasteiger partial charge in [0.1, 0.15) is 11.6 Å². The van der Waals surface area contributed by atoms with E-state index in [1.807, 2.05) is 0 Å². The first-order valence-corrected chi connectivity index (χ1v) is 6.65. The molecule has 114 valence electrons. The number of amides is 2. The number of carboxylic acid groups (broad SMARTS) is 1. The van der Waals surface area contributed by atoms with Crippen LogP contribution in [0.2, 0.25) is 0 Å². The van der Waals surface area contributed by atoms with E-state index >= 15 is 0 Å². The number of carbonyl (C=O) groups excluding carboxylic acids is 1. The molecule has 2 rings (SSSR count). The van der Waals surface area contributed by atoms with E-state index in [4.69, 9.17) is 9.84 Å². The predicted molar refractivity (Wildman–Crippen MR) is 73.9 cm³/mol. The number of aliphatic carboxylic acids is 1. The summed E-state index contributed by atoms with van der Waals surface area (Å²) in [6.45, 7) is 0. The third-order valence-electron chi connectivity index (χ3n) is 3.56. The Labute approximate surface area is 121 Å². The fourth-order valence-electron chi connectivity index (χ4n) is 2.52. The maximum Gasteiger partial charge on any atom is 0.319 e. The van der Waals surface area contributed by atoms with Crippen LogP contribution in [0.5, 0.6) is 5.75 Å². The molecule has 0 aromatic heterocycles. The largest absolute Gasteiger partial charge is 0.494 e. The van der Waals surface area contributed by atoms with Crippen LogP contribution in [0.1, 0.15) is 19.3 Å². The average Bonchev–Trinajstić information content (AvgIpc) is 2.89. The van der Waals surface area contributed by atoms with Gasteiger partial charge in [-0.15, -0.1) is 0 Å². The van der Waals surface area contributed by atoms with E-state index in [-0.39, 0.29) is 5.75 Å². The Balaban J connectivity index is 2.00. The number of anilines is 1. The van der Waals surface area contributed by atoms with Crippen molar-refractivity contribution in [3.05, 3.63) is 24.0 Å². The normalized spacial score (nSPS) is 20.9. The molecule has 2 atom stereocenters. The second kappa shape index (κ2) is 6.43. The van der Waals surface area contributed by atoms with Crippen molar-refractivity contribution in [3.63, 3.8) is 0 Å². The minimum absolute atomic E-state index is 0.200. The molecule has 2 amide bonds. The Morgan fingerprint density at radius 2 is 2.14 bits per heavy atom. The molecule has 1 aliphatic carbocycles. The van der Waals surface area contributed by atoms with Crippen LogP contribution >= 0.6 is 0 Å². The highest BCUT2D eigenvalue weighted by atomic mass is 19.1. The summed E-state index contributed by atoms with van der Waals surface area (Å²) in [7, 11) is 1.37. The van der Waals surface area contributed by atoms with Gasteiger partial charge < -0.3 is 20.5 Å². The zero-order valence-electron chi connectivity index (χ0n) is 11.6. The molecule has 1 aromatic carbocycles. The third kappa shape index (κ3) is 3.62. The van der Waals surface area contributed by atoms with Crippen LogP contribution in [-0.2, 0) is 4.79 Å². The number of nitrogens with one attached hydrogen (secondary N) is 2. The van der Waals surface area contributed by atoms with Crippen molar-refractivity contribution in [1.29, 1.82) is 0 Å². The third-order valence-corrected chi connectivity index (χ3v) is 3.56. The Bertz CT molecular complexity index is 550. The molecular weight excluding hydrogens is 279 g/mol. The van der Waals surface area contributed by atoms with Gasteiger partial charge in [-0.3, -0.25) is 4.79 Å². The molecule has 1 fully saturated rings. The lowest BCUT2D eigenvalue weighted by atomic mass is 10.0. The lowest BCUT2D eigenvalue weighted by Gasteiger charge is -2.18. The maximum absolute atomic E-state index is 13.1. The minimum Gasteiger partial charge on any atom is -0.494 e. The van der Waals surface area contributed by atoms with Crippen molar-refractivity contribution in [2.24, 2.45) is 5.92 Å². The summed E-state index contributed by atoms with van der Waals surface area (Å²) in [6, 6.07) is 2.82. The standard InChI is InChI=1S/C14H17FN2O4/c1-21-12-7-8(15)5-6-11(12)17-14(20)16-10-4-2-3-9(10)13(18)19/h5-7,9-10H,2-4H2,1H3,(H,18,19)(H2,16,17,20). The van der Waals surface area contributed by atoms with Gasteiger partial charge in [0.2, 0.25) is 0 Å². The lowest BCUT2D eigenvalue weighted by Crippen LogP contribution is -2.42. The van der Waals surface area contributed by atoms with Gasteiger partial charge in [-0.05, 0) is 25.0 Å². The number of benzene rings is 1. The van der Waals surface area contributed by atoms with Crippen LogP contribution in [0.15, 0.2) is 18.2 Å². The van der Waals surface area contributed by atoms with E-state index in [2.05, 4.69) is 10.6 Å². The molecule has 1 aliphatic rings. The fourth-order valence-corrected chi connectivity index (χ4v) is 2.52. The van der Waals surface area contributed by atoms with Crippen LogP contribution in [-0.4, -0.2) is 30.3 Å². The average molecular weight is 296 g/mol. The van der Waals surface area contributed by atoms with E-state index in [0.29, 0.717) is 18.5 Å². The maximum atomic E-state index is 13.1. The van der Waals surface area contributed by atoms with Crippen molar-refractivity contribution in [1.82, 2.24) is 5.32 Å². The number of carbonyl (C=O) groups is 2. The molecule has 0 radical (unpaired) electrons. The summed E-state index contributed by atoms with van der Waals surface area (Å²) < 4.78 is 18.0. The van der Waals surface area contributed by atoms with Gasteiger partial charge in [0.25, 0.3) is 0 Å². The molecule has 1 aromatic rings. The Morgan fingerprint density at radius 1 is 1.38 bits per heavy atom. The van der Waals surface area contributed by atoms with Gasteiger partial charge >= 0.3 is 12.0 Å². The topological polar surface area (TPSA) is 87.7 Å². The summed E-state index contributed by atoms with van der Waals surface area (Å²) in [5.74, 6) is -1.74. The molecule has 0 saturated heterocycles. The number of urea groups is 1.